The maximum Gasteiger partial charge on any atom is 0.171 e. The van der Waals surface area contributed by atoms with Crippen LogP contribution in [0.1, 0.15) is 49.0 Å². The molecule has 114 valence electrons. The third-order valence-electron chi connectivity index (χ3n) is 4.34. The van der Waals surface area contributed by atoms with Crippen molar-refractivity contribution < 1.29 is 14.3 Å². The smallest absolute Gasteiger partial charge is 0.171 e. The van der Waals surface area contributed by atoms with E-state index in [1.54, 1.807) is 13.0 Å². The first-order chi connectivity index (χ1) is 9.86. The number of rotatable bonds is 5. The van der Waals surface area contributed by atoms with Crippen molar-refractivity contribution in [3.8, 4) is 5.75 Å². The van der Waals surface area contributed by atoms with E-state index in [1.165, 1.54) is 7.11 Å². The van der Waals surface area contributed by atoms with Crippen molar-refractivity contribution in [1.29, 1.82) is 0 Å². The number of Topliss-reactive ketones (excluding diaryl/α,β-unsaturated/α-hetero) is 2. The van der Waals surface area contributed by atoms with Crippen LogP contribution in [0.4, 0.5) is 0 Å². The molecule has 0 aromatic heterocycles. The summed E-state index contributed by atoms with van der Waals surface area (Å²) < 4.78 is 5.20. The zero-order valence-corrected chi connectivity index (χ0v) is 13.9. The molecule has 0 bridgehead atoms. The number of fused-ring (bicyclic) bond motifs is 1. The lowest BCUT2D eigenvalue weighted by molar-refractivity contribution is -0.117. The third-order valence-corrected chi connectivity index (χ3v) is 5.19. The normalized spacial score (nSPS) is 20.5. The number of ketones is 2. The van der Waals surface area contributed by atoms with Gasteiger partial charge in [0.15, 0.2) is 5.78 Å². The number of carbonyl (C=O) groups excluding carboxylic acids is 2. The Morgan fingerprint density at radius 3 is 2.57 bits per heavy atom. The van der Waals surface area contributed by atoms with Crippen LogP contribution in [0.15, 0.2) is 6.07 Å². The van der Waals surface area contributed by atoms with Crippen molar-refractivity contribution in [1.82, 2.24) is 0 Å². The number of ether oxygens (including phenoxy) is 1. The Kier molecular flexibility index (Phi) is 4.64. The van der Waals surface area contributed by atoms with Gasteiger partial charge in [-0.05, 0) is 37.8 Å². The van der Waals surface area contributed by atoms with Gasteiger partial charge in [0.25, 0.3) is 0 Å². The standard InChI is InChI=1S/C16H18Cl2O3/c1-4-16(6-5-9(2)19)8-10-7-11(21-3)13(17)14(18)12(10)15(16)20/h7H,4-6,8H2,1-3H3. The van der Waals surface area contributed by atoms with Gasteiger partial charge in [0.1, 0.15) is 16.6 Å². The minimum Gasteiger partial charge on any atom is -0.495 e. The summed E-state index contributed by atoms with van der Waals surface area (Å²) in [5.41, 5.74) is 0.803. The molecule has 0 aliphatic heterocycles. The van der Waals surface area contributed by atoms with Gasteiger partial charge in [-0.1, -0.05) is 30.1 Å². The number of benzene rings is 1. The zero-order valence-electron chi connectivity index (χ0n) is 12.4. The topological polar surface area (TPSA) is 43.4 Å². The Hall–Kier alpha value is -1.06. The van der Waals surface area contributed by atoms with Gasteiger partial charge in [-0.15, -0.1) is 0 Å². The molecule has 0 saturated carbocycles. The first-order valence-corrected chi connectivity index (χ1v) is 7.71. The predicted octanol–water partition coefficient (Wildman–Crippen LogP) is 4.51. The molecule has 0 spiro atoms. The van der Waals surface area contributed by atoms with Crippen LogP contribution < -0.4 is 4.74 Å². The molecule has 1 aromatic rings. The van der Waals surface area contributed by atoms with Crippen LogP contribution in [0.25, 0.3) is 0 Å². The average molecular weight is 329 g/mol. The van der Waals surface area contributed by atoms with Gasteiger partial charge in [-0.3, -0.25) is 4.79 Å². The summed E-state index contributed by atoms with van der Waals surface area (Å²) >= 11 is 12.4. The van der Waals surface area contributed by atoms with Gasteiger partial charge in [0.2, 0.25) is 0 Å². The van der Waals surface area contributed by atoms with Crippen molar-refractivity contribution in [2.24, 2.45) is 5.41 Å². The van der Waals surface area contributed by atoms with E-state index in [4.69, 9.17) is 27.9 Å². The number of carbonyl (C=O) groups is 2. The molecule has 0 N–H and O–H groups in total. The Morgan fingerprint density at radius 2 is 2.05 bits per heavy atom. The van der Waals surface area contributed by atoms with Gasteiger partial charge in [0, 0.05) is 17.4 Å². The second-order valence-electron chi connectivity index (χ2n) is 5.58. The van der Waals surface area contributed by atoms with E-state index in [9.17, 15) is 9.59 Å². The number of hydrogen-bond donors (Lipinski definition) is 0. The predicted molar refractivity (Wildman–Crippen MR) is 83.7 cm³/mol. The maximum absolute atomic E-state index is 12.8. The average Bonchev–Trinajstić information content (AvgIpc) is 2.74. The Morgan fingerprint density at radius 1 is 1.38 bits per heavy atom. The summed E-state index contributed by atoms with van der Waals surface area (Å²) in [7, 11) is 1.52. The van der Waals surface area contributed by atoms with Crippen LogP contribution in [0.3, 0.4) is 0 Å². The molecule has 0 saturated heterocycles. The third kappa shape index (κ3) is 2.69. The van der Waals surface area contributed by atoms with Crippen LogP contribution in [0.5, 0.6) is 5.75 Å². The molecule has 0 radical (unpaired) electrons. The quantitative estimate of drug-likeness (QED) is 0.798. The molecule has 1 atom stereocenters. The molecule has 0 fully saturated rings. The van der Waals surface area contributed by atoms with Gasteiger partial charge in [-0.2, -0.15) is 0 Å². The highest BCUT2D eigenvalue weighted by Crippen LogP contribution is 2.49. The maximum atomic E-state index is 12.8. The monoisotopic (exact) mass is 328 g/mol. The van der Waals surface area contributed by atoms with E-state index < -0.39 is 5.41 Å². The van der Waals surface area contributed by atoms with E-state index in [1.807, 2.05) is 6.92 Å². The number of halogens is 2. The van der Waals surface area contributed by atoms with E-state index in [0.29, 0.717) is 37.0 Å². The highest BCUT2D eigenvalue weighted by molar-refractivity contribution is 6.45. The Balaban J connectivity index is 2.47. The molecule has 0 amide bonds. The fourth-order valence-electron chi connectivity index (χ4n) is 2.98. The lowest BCUT2D eigenvalue weighted by Crippen LogP contribution is -2.28. The lowest BCUT2D eigenvalue weighted by Gasteiger charge is -2.25. The lowest BCUT2D eigenvalue weighted by atomic mass is 9.76. The van der Waals surface area contributed by atoms with Gasteiger partial charge < -0.3 is 9.53 Å². The summed E-state index contributed by atoms with van der Waals surface area (Å²) in [5.74, 6) is 0.566. The molecule has 1 aliphatic rings. The summed E-state index contributed by atoms with van der Waals surface area (Å²) in [6, 6.07) is 1.78. The summed E-state index contributed by atoms with van der Waals surface area (Å²) in [4.78, 5) is 24.1. The van der Waals surface area contributed by atoms with Gasteiger partial charge in [0.05, 0.1) is 12.1 Å². The van der Waals surface area contributed by atoms with Crippen LogP contribution in [0.2, 0.25) is 10.0 Å². The number of methoxy groups -OCH3 is 1. The molecule has 3 nitrogen and oxygen atoms in total. The Bertz CT molecular complexity index is 610. The van der Waals surface area contributed by atoms with Gasteiger partial charge in [-0.25, -0.2) is 0 Å². The fourth-order valence-corrected chi connectivity index (χ4v) is 3.50. The molecule has 0 heterocycles. The highest BCUT2D eigenvalue weighted by atomic mass is 35.5. The molecular formula is C16H18Cl2O3. The highest BCUT2D eigenvalue weighted by Gasteiger charge is 2.45. The van der Waals surface area contributed by atoms with E-state index in [0.717, 1.165) is 5.56 Å². The van der Waals surface area contributed by atoms with Crippen molar-refractivity contribution in [3.05, 3.63) is 27.2 Å². The van der Waals surface area contributed by atoms with E-state index >= 15 is 0 Å². The summed E-state index contributed by atoms with van der Waals surface area (Å²) in [6.07, 6.45) is 2.20. The van der Waals surface area contributed by atoms with Crippen LogP contribution in [0, 0.1) is 5.41 Å². The number of hydrogen-bond acceptors (Lipinski definition) is 3. The molecule has 2 rings (SSSR count). The van der Waals surface area contributed by atoms with Crippen LogP contribution in [-0.4, -0.2) is 18.7 Å². The summed E-state index contributed by atoms with van der Waals surface area (Å²) in [6.45, 7) is 3.51. The second kappa shape index (κ2) is 5.98. The molecule has 1 aliphatic carbocycles. The largest absolute Gasteiger partial charge is 0.495 e. The molecule has 1 aromatic carbocycles. The summed E-state index contributed by atoms with van der Waals surface area (Å²) in [5, 5.41) is 0.527. The van der Waals surface area contributed by atoms with Crippen LogP contribution >= 0.6 is 23.2 Å². The van der Waals surface area contributed by atoms with E-state index in [-0.39, 0.29) is 21.6 Å². The Labute approximate surface area is 134 Å². The SMILES string of the molecule is CCC1(CCC(C)=O)Cc2cc(OC)c(Cl)c(Cl)c2C1=O. The second-order valence-corrected chi connectivity index (χ2v) is 6.34. The zero-order chi connectivity index (χ0) is 15.8. The van der Waals surface area contributed by atoms with Gasteiger partial charge >= 0.3 is 0 Å². The fraction of sp³-hybridized carbons (Fsp3) is 0.500. The van der Waals surface area contributed by atoms with Crippen molar-refractivity contribution >= 4 is 34.8 Å². The first kappa shape index (κ1) is 16.3. The van der Waals surface area contributed by atoms with E-state index in [2.05, 4.69) is 0 Å². The minimum absolute atomic E-state index is 0.00389. The van der Waals surface area contributed by atoms with Crippen molar-refractivity contribution in [2.75, 3.05) is 7.11 Å². The first-order valence-electron chi connectivity index (χ1n) is 6.95. The molecular weight excluding hydrogens is 311 g/mol. The van der Waals surface area contributed by atoms with Crippen molar-refractivity contribution in [2.45, 2.75) is 39.5 Å². The minimum atomic E-state index is -0.548. The van der Waals surface area contributed by atoms with Crippen LogP contribution in [-0.2, 0) is 11.2 Å². The molecule has 5 heteroatoms. The van der Waals surface area contributed by atoms with Crippen molar-refractivity contribution in [3.63, 3.8) is 0 Å². The molecule has 1 unspecified atom stereocenters. The molecule has 21 heavy (non-hydrogen) atoms.